The van der Waals surface area contributed by atoms with Crippen LogP contribution in [0.15, 0.2) is 12.3 Å². The van der Waals surface area contributed by atoms with Gasteiger partial charge in [0.15, 0.2) is 11.5 Å². The van der Waals surface area contributed by atoms with Crippen molar-refractivity contribution in [3.63, 3.8) is 0 Å². The first-order valence-electron chi connectivity index (χ1n) is 6.99. The number of nitrogens with one attached hydrogen (secondary N) is 1. The van der Waals surface area contributed by atoms with Crippen LogP contribution < -0.4 is 5.32 Å². The molecule has 1 aliphatic heterocycles. The Morgan fingerprint density at radius 3 is 2.83 bits per heavy atom. The van der Waals surface area contributed by atoms with Crippen LogP contribution in [0.1, 0.15) is 29.0 Å². The molecular weight excluding hydrogens is 335 g/mol. The van der Waals surface area contributed by atoms with Crippen molar-refractivity contribution in [2.45, 2.75) is 38.5 Å². The van der Waals surface area contributed by atoms with Crippen molar-refractivity contribution in [3.05, 3.63) is 28.7 Å². The molecule has 0 radical (unpaired) electrons. The van der Waals surface area contributed by atoms with Gasteiger partial charge in [-0.25, -0.2) is 0 Å². The Balaban J connectivity index is 1.74. The molecule has 2 aromatic rings. The minimum absolute atomic E-state index is 0.0634. The van der Waals surface area contributed by atoms with E-state index in [4.69, 9.17) is 11.6 Å². The van der Waals surface area contributed by atoms with Crippen LogP contribution in [0.4, 0.5) is 19.0 Å². The van der Waals surface area contributed by atoms with Crippen LogP contribution in [0.2, 0.25) is 5.02 Å². The molecule has 1 amide bonds. The van der Waals surface area contributed by atoms with E-state index in [-0.39, 0.29) is 16.5 Å². The first kappa shape index (κ1) is 15.9. The van der Waals surface area contributed by atoms with Crippen LogP contribution in [0.5, 0.6) is 0 Å². The minimum atomic E-state index is -4.42. The maximum Gasteiger partial charge on any atom is 0.408 e. The number of anilines is 1. The average molecular weight is 348 g/mol. The van der Waals surface area contributed by atoms with Gasteiger partial charge in [0.25, 0.3) is 5.91 Å². The summed E-state index contributed by atoms with van der Waals surface area (Å²) in [5, 5.41) is 10.2. The number of halogens is 4. The third-order valence-corrected chi connectivity index (χ3v) is 3.72. The van der Waals surface area contributed by atoms with Crippen molar-refractivity contribution in [1.29, 1.82) is 0 Å². The van der Waals surface area contributed by atoms with Crippen LogP contribution in [0.3, 0.4) is 0 Å². The summed E-state index contributed by atoms with van der Waals surface area (Å²) in [7, 11) is 0. The zero-order valence-electron chi connectivity index (χ0n) is 11.9. The molecule has 124 valence electrons. The van der Waals surface area contributed by atoms with Crippen molar-refractivity contribution in [3.8, 4) is 0 Å². The molecule has 0 bridgehead atoms. The van der Waals surface area contributed by atoms with E-state index in [1.807, 2.05) is 0 Å². The molecule has 0 aliphatic carbocycles. The number of carbonyl (C=O) groups is 1. The number of amides is 1. The number of alkyl halides is 3. The predicted molar refractivity (Wildman–Crippen MR) is 76.4 cm³/mol. The van der Waals surface area contributed by atoms with Crippen molar-refractivity contribution in [2.75, 3.05) is 5.32 Å². The molecule has 0 saturated carbocycles. The Labute approximate surface area is 134 Å². The second-order valence-electron chi connectivity index (χ2n) is 5.29. The number of hydrogen-bond acceptors (Lipinski definition) is 3. The lowest BCUT2D eigenvalue weighted by atomic mass is 10.1. The van der Waals surface area contributed by atoms with Gasteiger partial charge in [0.05, 0.1) is 0 Å². The molecule has 0 fully saturated rings. The Hall–Kier alpha value is -2.03. The van der Waals surface area contributed by atoms with E-state index in [0.717, 1.165) is 37.7 Å². The van der Waals surface area contributed by atoms with Gasteiger partial charge in [0, 0.05) is 18.4 Å². The first-order chi connectivity index (χ1) is 10.8. The Kier molecular flexibility index (Phi) is 4.05. The summed E-state index contributed by atoms with van der Waals surface area (Å²) in [4.78, 5) is 12.2. The number of hydrogen-bond donors (Lipinski definition) is 1. The number of aryl methyl sites for hydroxylation is 2. The van der Waals surface area contributed by atoms with E-state index in [0.29, 0.717) is 4.68 Å². The van der Waals surface area contributed by atoms with Gasteiger partial charge < -0.3 is 5.32 Å². The van der Waals surface area contributed by atoms with Crippen LogP contribution in [-0.2, 0) is 19.5 Å². The second kappa shape index (κ2) is 5.88. The molecule has 3 heterocycles. The standard InChI is InChI=1S/C13H13ClF3N5O/c14-9-6-21(7-13(15,16)17)20-11(9)18-12(23)10-5-8-3-1-2-4-22(8)19-10/h5-6H,1-4,7H2,(H,18,20,23). The first-order valence-corrected chi connectivity index (χ1v) is 7.37. The monoisotopic (exact) mass is 347 g/mol. The van der Waals surface area contributed by atoms with Crippen LogP contribution in [-0.4, -0.2) is 31.6 Å². The summed E-state index contributed by atoms with van der Waals surface area (Å²) in [5.41, 5.74) is 1.17. The zero-order chi connectivity index (χ0) is 16.6. The van der Waals surface area contributed by atoms with E-state index >= 15 is 0 Å². The summed E-state index contributed by atoms with van der Waals surface area (Å²) in [6.07, 6.45) is -0.506. The normalized spacial score (nSPS) is 14.6. The lowest BCUT2D eigenvalue weighted by molar-refractivity contribution is -0.142. The molecule has 0 unspecified atom stereocenters. The molecule has 0 spiro atoms. The van der Waals surface area contributed by atoms with Crippen molar-refractivity contribution in [2.24, 2.45) is 0 Å². The van der Waals surface area contributed by atoms with Crippen LogP contribution in [0, 0.1) is 0 Å². The lowest BCUT2D eigenvalue weighted by Gasteiger charge is -2.11. The Morgan fingerprint density at radius 1 is 1.35 bits per heavy atom. The summed E-state index contributed by atoms with van der Waals surface area (Å²) < 4.78 is 39.4. The van der Waals surface area contributed by atoms with Crippen molar-refractivity contribution < 1.29 is 18.0 Å². The number of fused-ring (bicyclic) bond motifs is 1. The maximum atomic E-state index is 12.3. The predicted octanol–water partition coefficient (Wildman–Crippen LogP) is 2.88. The van der Waals surface area contributed by atoms with E-state index < -0.39 is 18.6 Å². The molecule has 0 aromatic carbocycles. The molecular formula is C13H13ClF3N5O. The molecule has 0 saturated heterocycles. The third-order valence-electron chi connectivity index (χ3n) is 3.44. The van der Waals surface area contributed by atoms with Gasteiger partial charge in [-0.3, -0.25) is 14.2 Å². The molecule has 0 atom stereocenters. The molecule has 1 N–H and O–H groups in total. The van der Waals surface area contributed by atoms with E-state index in [9.17, 15) is 18.0 Å². The molecule has 6 nitrogen and oxygen atoms in total. The number of nitrogens with zero attached hydrogens (tertiary/aromatic N) is 4. The summed E-state index contributed by atoms with van der Waals surface area (Å²) in [5.74, 6) is -0.669. The maximum absolute atomic E-state index is 12.3. The van der Waals surface area contributed by atoms with Crippen molar-refractivity contribution in [1.82, 2.24) is 19.6 Å². The topological polar surface area (TPSA) is 64.7 Å². The highest BCUT2D eigenvalue weighted by molar-refractivity contribution is 6.33. The van der Waals surface area contributed by atoms with Crippen LogP contribution >= 0.6 is 11.6 Å². The smallest absolute Gasteiger partial charge is 0.302 e. The van der Waals surface area contributed by atoms with E-state index in [1.54, 1.807) is 10.7 Å². The van der Waals surface area contributed by atoms with Gasteiger partial charge >= 0.3 is 6.18 Å². The second-order valence-corrected chi connectivity index (χ2v) is 5.70. The number of carbonyl (C=O) groups excluding carboxylic acids is 1. The minimum Gasteiger partial charge on any atom is -0.302 e. The highest BCUT2D eigenvalue weighted by atomic mass is 35.5. The van der Waals surface area contributed by atoms with Gasteiger partial charge in [0.2, 0.25) is 0 Å². The van der Waals surface area contributed by atoms with Gasteiger partial charge in [0.1, 0.15) is 11.6 Å². The Bertz CT molecular complexity index is 713. The fraction of sp³-hybridized carbons (Fsp3) is 0.462. The van der Waals surface area contributed by atoms with Gasteiger partial charge in [-0.05, 0) is 25.3 Å². The number of aromatic nitrogens is 4. The number of rotatable bonds is 3. The molecule has 2 aromatic heterocycles. The van der Waals surface area contributed by atoms with Crippen LogP contribution in [0.25, 0.3) is 0 Å². The van der Waals surface area contributed by atoms with Crippen molar-refractivity contribution >= 4 is 23.3 Å². The molecule has 3 rings (SSSR count). The summed E-state index contributed by atoms with van der Waals surface area (Å²) in [6.45, 7) is -0.523. The largest absolute Gasteiger partial charge is 0.408 e. The molecule has 1 aliphatic rings. The molecule has 10 heteroatoms. The van der Waals surface area contributed by atoms with Gasteiger partial charge in [-0.1, -0.05) is 11.6 Å². The summed E-state index contributed by atoms with van der Waals surface area (Å²) in [6, 6.07) is 1.68. The van der Waals surface area contributed by atoms with Gasteiger partial charge in [-0.2, -0.15) is 23.4 Å². The fourth-order valence-corrected chi connectivity index (χ4v) is 2.64. The molecule has 23 heavy (non-hydrogen) atoms. The quantitative estimate of drug-likeness (QED) is 0.928. The summed E-state index contributed by atoms with van der Waals surface area (Å²) >= 11 is 5.82. The highest BCUT2D eigenvalue weighted by Gasteiger charge is 2.29. The van der Waals surface area contributed by atoms with E-state index in [1.165, 1.54) is 0 Å². The SMILES string of the molecule is O=C(Nc1nn(CC(F)(F)F)cc1Cl)c1cc2n(n1)CCCC2. The lowest BCUT2D eigenvalue weighted by Crippen LogP contribution is -2.19. The Morgan fingerprint density at radius 2 is 2.13 bits per heavy atom. The zero-order valence-corrected chi connectivity index (χ0v) is 12.7. The van der Waals surface area contributed by atoms with E-state index in [2.05, 4.69) is 15.5 Å². The average Bonchev–Trinajstić information content (AvgIpc) is 3.01. The highest BCUT2D eigenvalue weighted by Crippen LogP contribution is 2.24. The third kappa shape index (κ3) is 3.66. The van der Waals surface area contributed by atoms with Gasteiger partial charge in [-0.15, -0.1) is 0 Å². The fourth-order valence-electron chi connectivity index (χ4n) is 2.45.